The first-order valence-electron chi connectivity index (χ1n) is 5.87. The lowest BCUT2D eigenvalue weighted by Crippen LogP contribution is -2.40. The van der Waals surface area contributed by atoms with Crippen LogP contribution in [0, 0.1) is 17.0 Å². The normalized spacial score (nSPS) is 11.8. The summed E-state index contributed by atoms with van der Waals surface area (Å²) in [5.74, 6) is 0. The van der Waals surface area contributed by atoms with Crippen LogP contribution in [0.3, 0.4) is 0 Å². The van der Waals surface area contributed by atoms with Crippen molar-refractivity contribution in [1.29, 1.82) is 0 Å². The minimum Gasteiger partial charge on any atom is -0.394 e. The number of anilines is 1. The molecule has 0 spiro atoms. The van der Waals surface area contributed by atoms with Gasteiger partial charge < -0.3 is 15.3 Å². The first-order valence-corrected chi connectivity index (χ1v) is 6.66. The number of urea groups is 1. The van der Waals surface area contributed by atoms with E-state index in [1.165, 1.54) is 18.0 Å². The second-order valence-electron chi connectivity index (χ2n) is 4.45. The Balaban J connectivity index is 3.01. The Hall–Kier alpha value is -1.67. The van der Waals surface area contributed by atoms with Crippen molar-refractivity contribution < 1.29 is 14.8 Å². The molecule has 0 aliphatic heterocycles. The fraction of sp³-hybridized carbons (Fsp3) is 0.417. The van der Waals surface area contributed by atoms with Crippen molar-refractivity contribution in [3.8, 4) is 0 Å². The molecular weight excluding hydrogens is 330 g/mol. The van der Waals surface area contributed by atoms with Crippen LogP contribution in [0.1, 0.15) is 12.5 Å². The predicted octanol–water partition coefficient (Wildman–Crippen LogP) is 2.51. The topological polar surface area (TPSA) is 95.7 Å². The van der Waals surface area contributed by atoms with Gasteiger partial charge >= 0.3 is 6.03 Å². The van der Waals surface area contributed by atoms with Gasteiger partial charge in [0.1, 0.15) is 0 Å². The van der Waals surface area contributed by atoms with E-state index in [9.17, 15) is 14.9 Å². The fourth-order valence-electron chi connectivity index (χ4n) is 1.48. The van der Waals surface area contributed by atoms with E-state index in [2.05, 4.69) is 21.2 Å². The van der Waals surface area contributed by atoms with E-state index in [0.717, 1.165) is 0 Å². The van der Waals surface area contributed by atoms with Gasteiger partial charge in [0.2, 0.25) is 0 Å². The highest BCUT2D eigenvalue weighted by atomic mass is 79.9. The van der Waals surface area contributed by atoms with Gasteiger partial charge in [-0.2, -0.15) is 0 Å². The molecule has 1 aromatic carbocycles. The van der Waals surface area contributed by atoms with E-state index in [-0.39, 0.29) is 18.3 Å². The Bertz CT molecular complexity index is 536. The number of rotatable bonds is 4. The molecule has 2 N–H and O–H groups in total. The Morgan fingerprint density at radius 2 is 2.20 bits per heavy atom. The first kappa shape index (κ1) is 16.4. The lowest BCUT2D eigenvalue weighted by Gasteiger charge is -2.23. The SMILES string of the molecule is Cc1cc(Br)c(NC(=O)N(C)[C@@H](C)CO)cc1[N+](=O)[O-]. The molecule has 0 radical (unpaired) electrons. The van der Waals surface area contributed by atoms with Gasteiger partial charge in [-0.3, -0.25) is 10.1 Å². The van der Waals surface area contributed by atoms with Crippen LogP contribution in [0.15, 0.2) is 16.6 Å². The summed E-state index contributed by atoms with van der Waals surface area (Å²) in [7, 11) is 1.53. The van der Waals surface area contributed by atoms with Crippen molar-refractivity contribution in [1.82, 2.24) is 4.90 Å². The van der Waals surface area contributed by atoms with Crippen LogP contribution in [-0.4, -0.2) is 40.7 Å². The first-order chi connectivity index (χ1) is 9.27. The smallest absolute Gasteiger partial charge is 0.321 e. The van der Waals surface area contributed by atoms with E-state index in [4.69, 9.17) is 5.11 Å². The number of amides is 2. The fourth-order valence-corrected chi connectivity index (χ4v) is 2.04. The summed E-state index contributed by atoms with van der Waals surface area (Å²) in [6, 6.07) is 2.07. The molecule has 0 fully saturated rings. The third-order valence-electron chi connectivity index (χ3n) is 2.97. The summed E-state index contributed by atoms with van der Waals surface area (Å²) in [6.45, 7) is 3.14. The molecule has 0 saturated heterocycles. The van der Waals surface area contributed by atoms with Crippen LogP contribution in [-0.2, 0) is 0 Å². The minimum atomic E-state index is -0.502. The Morgan fingerprint density at radius 3 is 2.70 bits per heavy atom. The maximum absolute atomic E-state index is 11.9. The van der Waals surface area contributed by atoms with Crippen LogP contribution in [0.2, 0.25) is 0 Å². The third kappa shape index (κ3) is 3.67. The number of nitrogens with one attached hydrogen (secondary N) is 1. The maximum atomic E-state index is 11.9. The van der Waals surface area contributed by atoms with Gasteiger partial charge in [0.15, 0.2) is 0 Å². The third-order valence-corrected chi connectivity index (χ3v) is 3.63. The average molecular weight is 346 g/mol. The second kappa shape index (κ2) is 6.67. The summed E-state index contributed by atoms with van der Waals surface area (Å²) < 4.78 is 0.555. The van der Waals surface area contributed by atoms with E-state index in [1.807, 2.05) is 0 Å². The van der Waals surface area contributed by atoms with Gasteiger partial charge in [-0.15, -0.1) is 0 Å². The summed E-state index contributed by atoms with van der Waals surface area (Å²) in [4.78, 5) is 23.7. The molecule has 0 aliphatic rings. The number of hydrogen-bond donors (Lipinski definition) is 2. The lowest BCUT2D eigenvalue weighted by molar-refractivity contribution is -0.385. The predicted molar refractivity (Wildman–Crippen MR) is 78.9 cm³/mol. The van der Waals surface area contributed by atoms with Crippen molar-refractivity contribution in [2.24, 2.45) is 0 Å². The molecule has 0 aliphatic carbocycles. The van der Waals surface area contributed by atoms with Crippen molar-refractivity contribution in [2.45, 2.75) is 19.9 Å². The number of nitro benzene ring substituents is 1. The van der Waals surface area contributed by atoms with E-state index >= 15 is 0 Å². The van der Waals surface area contributed by atoms with Crippen LogP contribution in [0.25, 0.3) is 0 Å². The molecule has 1 atom stereocenters. The van der Waals surface area contributed by atoms with Crippen LogP contribution in [0.5, 0.6) is 0 Å². The summed E-state index contributed by atoms with van der Waals surface area (Å²) in [6.07, 6.45) is 0. The molecular formula is C12H16BrN3O4. The minimum absolute atomic E-state index is 0.0682. The number of hydrogen-bond acceptors (Lipinski definition) is 4. The Morgan fingerprint density at radius 1 is 1.60 bits per heavy atom. The number of aliphatic hydroxyl groups is 1. The molecule has 1 aromatic rings. The Kier molecular flexibility index (Phi) is 5.46. The van der Waals surface area contributed by atoms with Gasteiger partial charge in [-0.05, 0) is 35.8 Å². The number of carbonyl (C=O) groups is 1. The van der Waals surface area contributed by atoms with E-state index < -0.39 is 11.0 Å². The number of likely N-dealkylation sites (N-methyl/N-ethyl adjacent to an activating group) is 1. The molecule has 1 rings (SSSR count). The Labute approximate surface area is 124 Å². The van der Waals surface area contributed by atoms with E-state index in [0.29, 0.717) is 15.7 Å². The number of halogens is 1. The highest BCUT2D eigenvalue weighted by molar-refractivity contribution is 9.10. The van der Waals surface area contributed by atoms with Crippen LogP contribution in [0.4, 0.5) is 16.2 Å². The summed E-state index contributed by atoms with van der Waals surface area (Å²) >= 11 is 3.26. The monoisotopic (exact) mass is 345 g/mol. The molecule has 0 unspecified atom stereocenters. The van der Waals surface area contributed by atoms with Gasteiger partial charge in [0.25, 0.3) is 5.69 Å². The quantitative estimate of drug-likeness (QED) is 0.647. The number of carbonyl (C=O) groups excluding carboxylic acids is 1. The molecule has 0 saturated carbocycles. The number of aryl methyl sites for hydroxylation is 1. The highest BCUT2D eigenvalue weighted by Gasteiger charge is 2.19. The van der Waals surface area contributed by atoms with Crippen LogP contribution < -0.4 is 5.32 Å². The van der Waals surface area contributed by atoms with Crippen molar-refractivity contribution >= 4 is 33.3 Å². The van der Waals surface area contributed by atoms with Crippen LogP contribution >= 0.6 is 15.9 Å². The average Bonchev–Trinajstić information content (AvgIpc) is 2.39. The summed E-state index contributed by atoms with van der Waals surface area (Å²) in [5, 5.41) is 22.5. The molecule has 7 nitrogen and oxygen atoms in total. The largest absolute Gasteiger partial charge is 0.394 e. The van der Waals surface area contributed by atoms with Gasteiger partial charge in [0.05, 0.1) is 23.3 Å². The zero-order valence-electron chi connectivity index (χ0n) is 11.4. The molecule has 20 heavy (non-hydrogen) atoms. The molecule has 2 amide bonds. The number of aliphatic hydroxyl groups excluding tert-OH is 1. The zero-order chi connectivity index (χ0) is 15.4. The van der Waals surface area contributed by atoms with Gasteiger partial charge in [0, 0.05) is 23.2 Å². The summed E-state index contributed by atoms with van der Waals surface area (Å²) in [5.41, 5.74) is 0.739. The van der Waals surface area contributed by atoms with Crippen molar-refractivity contribution in [2.75, 3.05) is 19.0 Å². The second-order valence-corrected chi connectivity index (χ2v) is 5.30. The highest BCUT2D eigenvalue weighted by Crippen LogP contribution is 2.30. The zero-order valence-corrected chi connectivity index (χ0v) is 13.0. The number of benzene rings is 1. The van der Waals surface area contributed by atoms with Gasteiger partial charge in [-0.25, -0.2) is 4.79 Å². The molecule has 0 bridgehead atoms. The molecule has 0 heterocycles. The van der Waals surface area contributed by atoms with Crippen molar-refractivity contribution in [3.63, 3.8) is 0 Å². The number of nitrogens with zero attached hydrogens (tertiary/aromatic N) is 2. The molecule has 8 heteroatoms. The van der Waals surface area contributed by atoms with E-state index in [1.54, 1.807) is 19.9 Å². The lowest BCUT2D eigenvalue weighted by atomic mass is 10.2. The molecule has 110 valence electrons. The van der Waals surface area contributed by atoms with Crippen molar-refractivity contribution in [3.05, 3.63) is 32.3 Å². The molecule has 0 aromatic heterocycles. The standard InChI is InChI=1S/C12H16BrN3O4/c1-7-4-9(13)10(5-11(7)16(19)20)14-12(18)15(3)8(2)6-17/h4-5,8,17H,6H2,1-3H3,(H,14,18)/t8-/m0/s1. The number of nitro groups is 1. The maximum Gasteiger partial charge on any atom is 0.321 e. The van der Waals surface area contributed by atoms with Gasteiger partial charge in [-0.1, -0.05) is 0 Å².